The zero-order valence-corrected chi connectivity index (χ0v) is 16.4. The van der Waals surface area contributed by atoms with Crippen molar-refractivity contribution in [2.45, 2.75) is 6.54 Å². The molecule has 2 aromatic rings. The number of carbonyl (C=O) groups excluding carboxylic acids is 2. The summed E-state index contributed by atoms with van der Waals surface area (Å²) in [6.07, 6.45) is 0. The number of hydrogen-bond donors (Lipinski definition) is 3. The number of amides is 2. The van der Waals surface area contributed by atoms with Crippen LogP contribution >= 0.6 is 23.2 Å². The highest BCUT2D eigenvalue weighted by molar-refractivity contribution is 6.42. The zero-order valence-electron chi connectivity index (χ0n) is 14.9. The Bertz CT molecular complexity index is 891. The van der Waals surface area contributed by atoms with Gasteiger partial charge in [0.1, 0.15) is 12.4 Å². The molecular weight excluding hydrogens is 405 g/mol. The Balaban J connectivity index is 1.66. The van der Waals surface area contributed by atoms with E-state index in [-0.39, 0.29) is 25.6 Å². The van der Waals surface area contributed by atoms with Gasteiger partial charge in [0, 0.05) is 31.4 Å². The highest BCUT2D eigenvalue weighted by Gasteiger charge is 2.25. The van der Waals surface area contributed by atoms with E-state index in [0.29, 0.717) is 28.0 Å². The summed E-state index contributed by atoms with van der Waals surface area (Å²) in [5.74, 6) is -0.0998. The van der Waals surface area contributed by atoms with Crippen molar-refractivity contribution in [1.82, 2.24) is 5.32 Å². The summed E-state index contributed by atoms with van der Waals surface area (Å²) in [7, 11) is 0. The van der Waals surface area contributed by atoms with Crippen molar-refractivity contribution in [2.75, 3.05) is 36.5 Å². The van der Waals surface area contributed by atoms with Gasteiger partial charge in [0.2, 0.25) is 5.91 Å². The minimum atomic E-state index is -0.582. The number of fused-ring (bicyclic) bond motifs is 1. The number of ether oxygens (including phenoxy) is 1. The number of anilines is 2. The van der Waals surface area contributed by atoms with Crippen LogP contribution < -0.4 is 20.3 Å². The molecule has 1 heterocycles. The number of carbonyl (C=O) groups is 2. The Kier molecular flexibility index (Phi) is 6.61. The third kappa shape index (κ3) is 4.86. The minimum absolute atomic E-state index is 0.0722. The normalized spacial score (nSPS) is 13.0. The molecule has 0 saturated carbocycles. The van der Waals surface area contributed by atoms with Crippen LogP contribution in [-0.4, -0.2) is 43.2 Å². The van der Waals surface area contributed by atoms with Crippen molar-refractivity contribution >= 4 is 46.4 Å². The second-order valence-electron chi connectivity index (χ2n) is 6.13. The summed E-state index contributed by atoms with van der Waals surface area (Å²) in [5.41, 5.74) is 2.44. The first kappa shape index (κ1) is 20.3. The fourth-order valence-electron chi connectivity index (χ4n) is 2.78. The Hall–Kier alpha value is -2.48. The van der Waals surface area contributed by atoms with Gasteiger partial charge < -0.3 is 25.4 Å². The molecule has 0 aliphatic carbocycles. The van der Waals surface area contributed by atoms with E-state index in [1.807, 2.05) is 18.2 Å². The van der Waals surface area contributed by atoms with E-state index in [1.165, 1.54) is 0 Å². The first-order valence-corrected chi connectivity index (χ1v) is 9.36. The molecule has 28 heavy (non-hydrogen) atoms. The van der Waals surface area contributed by atoms with Gasteiger partial charge in [-0.1, -0.05) is 29.3 Å². The van der Waals surface area contributed by atoms with Crippen molar-refractivity contribution in [3.8, 4) is 5.75 Å². The summed E-state index contributed by atoms with van der Waals surface area (Å²) < 4.78 is 5.55. The van der Waals surface area contributed by atoms with Crippen LogP contribution in [-0.2, 0) is 16.1 Å². The summed E-state index contributed by atoms with van der Waals surface area (Å²) in [6, 6.07) is 10.9. The number of aliphatic hydroxyl groups is 1. The van der Waals surface area contributed by atoms with Crippen LogP contribution in [0.25, 0.3) is 0 Å². The number of hydrogen-bond acceptors (Lipinski definition) is 5. The summed E-state index contributed by atoms with van der Waals surface area (Å²) in [6.45, 7) is 0.420. The molecule has 1 aliphatic rings. The van der Waals surface area contributed by atoms with Crippen LogP contribution in [0.4, 0.5) is 11.4 Å². The lowest BCUT2D eigenvalue weighted by molar-refractivity contribution is -0.124. The number of benzene rings is 2. The van der Waals surface area contributed by atoms with Gasteiger partial charge in [0.15, 0.2) is 6.61 Å². The van der Waals surface area contributed by atoms with Crippen molar-refractivity contribution in [3.05, 3.63) is 52.0 Å². The molecule has 2 amide bonds. The Labute approximate surface area is 172 Å². The average molecular weight is 424 g/mol. The van der Waals surface area contributed by atoms with Crippen LogP contribution in [0, 0.1) is 0 Å². The van der Waals surface area contributed by atoms with Gasteiger partial charge in [-0.05, 0) is 29.8 Å². The first-order chi connectivity index (χ1) is 13.5. The lowest BCUT2D eigenvalue weighted by atomic mass is 10.2. The molecule has 0 aromatic heterocycles. The second-order valence-corrected chi connectivity index (χ2v) is 6.94. The Morgan fingerprint density at radius 1 is 1.18 bits per heavy atom. The number of aliphatic hydroxyl groups excluding tert-OH is 1. The zero-order chi connectivity index (χ0) is 20.1. The molecule has 0 atom stereocenters. The van der Waals surface area contributed by atoms with Crippen molar-refractivity contribution in [2.24, 2.45) is 0 Å². The predicted octanol–water partition coefficient (Wildman–Crippen LogP) is 2.44. The first-order valence-electron chi connectivity index (χ1n) is 8.60. The molecule has 0 fully saturated rings. The molecule has 7 nitrogen and oxygen atoms in total. The van der Waals surface area contributed by atoms with E-state index in [1.54, 1.807) is 23.1 Å². The number of nitrogens with zero attached hydrogens (tertiary/aromatic N) is 1. The molecule has 0 saturated heterocycles. The molecule has 3 N–H and O–H groups in total. The highest BCUT2D eigenvalue weighted by atomic mass is 35.5. The fourth-order valence-corrected chi connectivity index (χ4v) is 3.10. The van der Waals surface area contributed by atoms with E-state index in [4.69, 9.17) is 33.0 Å². The molecular formula is C19H19Cl2N3O4. The molecule has 0 bridgehead atoms. The minimum Gasteiger partial charge on any atom is -0.481 e. The van der Waals surface area contributed by atoms with Gasteiger partial charge in [-0.15, -0.1) is 0 Å². The van der Waals surface area contributed by atoms with Gasteiger partial charge >= 0.3 is 0 Å². The topological polar surface area (TPSA) is 90.9 Å². The Morgan fingerprint density at radius 2 is 2.00 bits per heavy atom. The maximum atomic E-state index is 12.2. The number of rotatable bonds is 7. The van der Waals surface area contributed by atoms with Gasteiger partial charge in [0.05, 0.1) is 15.7 Å². The van der Waals surface area contributed by atoms with E-state index in [0.717, 1.165) is 11.3 Å². The third-order valence-electron chi connectivity index (χ3n) is 4.18. The summed E-state index contributed by atoms with van der Waals surface area (Å²) in [4.78, 5) is 24.9. The van der Waals surface area contributed by atoms with Crippen LogP contribution in [0.3, 0.4) is 0 Å². The van der Waals surface area contributed by atoms with Crippen LogP contribution in [0.5, 0.6) is 5.75 Å². The lowest BCUT2D eigenvalue weighted by Gasteiger charge is -2.29. The van der Waals surface area contributed by atoms with E-state index in [9.17, 15) is 9.59 Å². The Morgan fingerprint density at radius 3 is 2.75 bits per heavy atom. The molecule has 0 spiro atoms. The van der Waals surface area contributed by atoms with E-state index in [2.05, 4.69) is 10.6 Å². The van der Waals surface area contributed by atoms with Crippen LogP contribution in [0.15, 0.2) is 36.4 Å². The van der Waals surface area contributed by atoms with Crippen LogP contribution in [0.1, 0.15) is 5.56 Å². The third-order valence-corrected chi connectivity index (χ3v) is 4.92. The molecule has 9 heteroatoms. The lowest BCUT2D eigenvalue weighted by Crippen LogP contribution is -2.43. The largest absolute Gasteiger partial charge is 0.481 e. The van der Waals surface area contributed by atoms with Gasteiger partial charge in [-0.3, -0.25) is 9.59 Å². The fraction of sp³-hybridized carbons (Fsp3) is 0.263. The van der Waals surface area contributed by atoms with Crippen LogP contribution in [0.2, 0.25) is 10.0 Å². The summed E-state index contributed by atoms with van der Waals surface area (Å²) in [5, 5.41) is 15.6. The van der Waals surface area contributed by atoms with E-state index >= 15 is 0 Å². The second kappa shape index (κ2) is 9.14. The maximum Gasteiger partial charge on any atom is 0.265 e. The quantitative estimate of drug-likeness (QED) is 0.635. The standard InChI is InChI=1S/C19H19Cl2N3O4/c20-14-3-1-12(7-15(14)21)9-23-13-2-4-16-17(8-13)28-11-19(27)24(16)6-5-22-18(26)10-25/h1-4,7-8,23,25H,5-6,9-11H2,(H,22,26). The molecule has 0 radical (unpaired) electrons. The molecule has 148 valence electrons. The van der Waals surface area contributed by atoms with Crippen molar-refractivity contribution < 1.29 is 19.4 Å². The van der Waals surface area contributed by atoms with E-state index < -0.39 is 12.5 Å². The smallest absolute Gasteiger partial charge is 0.265 e. The van der Waals surface area contributed by atoms with Crippen molar-refractivity contribution in [3.63, 3.8) is 0 Å². The SMILES string of the molecule is O=C(CO)NCCN1C(=O)COc2cc(NCc3ccc(Cl)c(Cl)c3)ccc21. The maximum absolute atomic E-state index is 12.2. The predicted molar refractivity (Wildman–Crippen MR) is 108 cm³/mol. The monoisotopic (exact) mass is 423 g/mol. The van der Waals surface area contributed by atoms with Gasteiger partial charge in [-0.25, -0.2) is 0 Å². The van der Waals surface area contributed by atoms with Gasteiger partial charge in [-0.2, -0.15) is 0 Å². The van der Waals surface area contributed by atoms with Gasteiger partial charge in [0.25, 0.3) is 5.91 Å². The summed E-state index contributed by atoms with van der Waals surface area (Å²) >= 11 is 12.0. The average Bonchev–Trinajstić information content (AvgIpc) is 2.70. The molecule has 2 aromatic carbocycles. The van der Waals surface area contributed by atoms with Crippen molar-refractivity contribution in [1.29, 1.82) is 0 Å². The highest BCUT2D eigenvalue weighted by Crippen LogP contribution is 2.34. The number of halogens is 2. The molecule has 3 rings (SSSR count). The number of nitrogens with one attached hydrogen (secondary N) is 2. The molecule has 0 unspecified atom stereocenters. The molecule has 1 aliphatic heterocycles.